The fourth-order valence-corrected chi connectivity index (χ4v) is 3.47. The van der Waals surface area contributed by atoms with Gasteiger partial charge in [-0.05, 0) is 31.7 Å². The minimum Gasteiger partial charge on any atom is -0.325 e. The molecule has 2 aliphatic rings. The van der Waals surface area contributed by atoms with Gasteiger partial charge in [-0.3, -0.25) is 4.68 Å². The molecule has 0 bridgehead atoms. The smallest absolute Gasteiger partial charge is 0.197 e. The van der Waals surface area contributed by atoms with Gasteiger partial charge in [0.05, 0.1) is 18.0 Å². The number of nitrogens with two attached hydrogens (primary N) is 1. The second-order valence-corrected chi connectivity index (χ2v) is 6.93. The molecular formula is C10H15N3O2S. The van der Waals surface area contributed by atoms with Crippen LogP contribution in [0, 0.1) is 0 Å². The predicted molar refractivity (Wildman–Crippen MR) is 58.8 cm³/mol. The average molecular weight is 241 g/mol. The normalized spacial score (nSPS) is 24.3. The van der Waals surface area contributed by atoms with Gasteiger partial charge < -0.3 is 5.73 Å². The fraction of sp³-hybridized carbons (Fsp3) is 0.700. The molecule has 1 aromatic heterocycles. The molecule has 1 aliphatic carbocycles. The quantitative estimate of drug-likeness (QED) is 0.813. The van der Waals surface area contributed by atoms with Gasteiger partial charge in [0.2, 0.25) is 0 Å². The van der Waals surface area contributed by atoms with Gasteiger partial charge in [0, 0.05) is 5.54 Å². The Morgan fingerprint density at radius 3 is 2.88 bits per heavy atom. The van der Waals surface area contributed by atoms with Crippen molar-refractivity contribution in [3.8, 4) is 0 Å². The molecule has 0 aromatic carbocycles. The first-order valence-electron chi connectivity index (χ1n) is 5.57. The number of hydrogen-bond donors (Lipinski definition) is 1. The highest BCUT2D eigenvalue weighted by Gasteiger charge is 2.38. The summed E-state index contributed by atoms with van der Waals surface area (Å²) in [5.41, 5.74) is 6.85. The Hall–Kier alpha value is -0.880. The van der Waals surface area contributed by atoms with Gasteiger partial charge in [0.1, 0.15) is 0 Å². The fourth-order valence-electron chi connectivity index (χ4n) is 2.08. The molecule has 6 heteroatoms. The predicted octanol–water partition coefficient (Wildman–Crippen LogP) is 0.0943. The van der Waals surface area contributed by atoms with Gasteiger partial charge in [0.15, 0.2) is 14.9 Å². The number of rotatable bonds is 3. The van der Waals surface area contributed by atoms with Crippen molar-refractivity contribution in [1.29, 1.82) is 0 Å². The SMILES string of the molecule is NC1(CCc2cc3n(n2)CCS3(=O)=O)CC1. The number of sulfone groups is 1. The Labute approximate surface area is 94.5 Å². The minimum absolute atomic E-state index is 0.00688. The molecule has 88 valence electrons. The zero-order valence-electron chi connectivity index (χ0n) is 9.02. The van der Waals surface area contributed by atoms with Gasteiger partial charge in [-0.1, -0.05) is 0 Å². The summed E-state index contributed by atoms with van der Waals surface area (Å²) in [5, 5.41) is 4.68. The van der Waals surface area contributed by atoms with Crippen molar-refractivity contribution in [1.82, 2.24) is 9.78 Å². The Bertz CT molecular complexity index is 528. The van der Waals surface area contributed by atoms with E-state index in [0.717, 1.165) is 31.4 Å². The van der Waals surface area contributed by atoms with Crippen molar-refractivity contribution >= 4 is 9.84 Å². The number of hydrogen-bond acceptors (Lipinski definition) is 4. The topological polar surface area (TPSA) is 78.0 Å². The van der Waals surface area contributed by atoms with Crippen LogP contribution in [0.2, 0.25) is 0 Å². The van der Waals surface area contributed by atoms with Gasteiger partial charge >= 0.3 is 0 Å². The van der Waals surface area contributed by atoms with E-state index in [1.54, 1.807) is 10.7 Å². The summed E-state index contributed by atoms with van der Waals surface area (Å²) >= 11 is 0. The molecule has 1 aliphatic heterocycles. The number of aromatic nitrogens is 2. The van der Waals surface area contributed by atoms with Gasteiger partial charge in [0.25, 0.3) is 0 Å². The first-order chi connectivity index (χ1) is 7.49. The van der Waals surface area contributed by atoms with Crippen molar-refractivity contribution in [3.63, 3.8) is 0 Å². The molecule has 0 unspecified atom stereocenters. The standard InChI is InChI=1S/C10H15N3O2S/c11-10(3-4-10)2-1-8-7-9-13(12-8)5-6-16(9,14)15/h7H,1-6,11H2. The Morgan fingerprint density at radius 2 is 2.25 bits per heavy atom. The van der Waals surface area contributed by atoms with Gasteiger partial charge in [-0.15, -0.1) is 0 Å². The first kappa shape index (κ1) is 10.3. The molecule has 5 nitrogen and oxygen atoms in total. The van der Waals surface area contributed by atoms with Crippen LogP contribution in [0.4, 0.5) is 0 Å². The summed E-state index contributed by atoms with van der Waals surface area (Å²) in [4.78, 5) is 0. The molecule has 0 atom stereocenters. The molecule has 0 saturated heterocycles. The Morgan fingerprint density at radius 1 is 1.50 bits per heavy atom. The highest BCUT2D eigenvalue weighted by atomic mass is 32.2. The summed E-state index contributed by atoms with van der Waals surface area (Å²) in [7, 11) is -3.05. The molecule has 2 heterocycles. The third-order valence-corrected chi connectivity index (χ3v) is 5.14. The lowest BCUT2D eigenvalue weighted by molar-refractivity contribution is 0.582. The van der Waals surface area contributed by atoms with Crippen LogP contribution in [0.25, 0.3) is 0 Å². The average Bonchev–Trinajstić information content (AvgIpc) is 2.72. The van der Waals surface area contributed by atoms with E-state index in [9.17, 15) is 8.42 Å². The molecule has 0 radical (unpaired) electrons. The van der Waals surface area contributed by atoms with Crippen LogP contribution in [0.5, 0.6) is 0 Å². The van der Waals surface area contributed by atoms with Crippen molar-refractivity contribution in [2.45, 2.75) is 42.8 Å². The Kier molecular flexibility index (Phi) is 1.98. The van der Waals surface area contributed by atoms with Crippen molar-refractivity contribution in [2.24, 2.45) is 5.73 Å². The maximum atomic E-state index is 11.6. The highest BCUT2D eigenvalue weighted by Crippen LogP contribution is 2.36. The minimum atomic E-state index is -3.05. The number of fused-ring (bicyclic) bond motifs is 1. The maximum Gasteiger partial charge on any atom is 0.197 e. The first-order valence-corrected chi connectivity index (χ1v) is 7.22. The number of nitrogens with zero attached hydrogens (tertiary/aromatic N) is 2. The maximum absolute atomic E-state index is 11.6. The monoisotopic (exact) mass is 241 g/mol. The lowest BCUT2D eigenvalue weighted by atomic mass is 10.1. The van der Waals surface area contributed by atoms with Gasteiger partial charge in [-0.25, -0.2) is 8.42 Å². The van der Waals surface area contributed by atoms with Gasteiger partial charge in [-0.2, -0.15) is 5.10 Å². The summed E-state index contributed by atoms with van der Waals surface area (Å²) in [6.45, 7) is 0.492. The van der Waals surface area contributed by atoms with E-state index >= 15 is 0 Å². The molecule has 3 rings (SSSR count). The molecular weight excluding hydrogens is 226 g/mol. The van der Waals surface area contributed by atoms with E-state index < -0.39 is 9.84 Å². The molecule has 16 heavy (non-hydrogen) atoms. The summed E-state index contributed by atoms with van der Waals surface area (Å²) in [5.74, 6) is 0.191. The second-order valence-electron chi connectivity index (χ2n) is 4.88. The molecule has 0 spiro atoms. The van der Waals surface area contributed by atoms with Crippen molar-refractivity contribution in [3.05, 3.63) is 11.8 Å². The Balaban J connectivity index is 1.78. The number of aryl methyl sites for hydroxylation is 2. The summed E-state index contributed by atoms with van der Waals surface area (Å²) < 4.78 is 24.8. The lowest BCUT2D eigenvalue weighted by Gasteiger charge is -2.05. The summed E-state index contributed by atoms with van der Waals surface area (Å²) in [6.07, 6.45) is 3.85. The largest absolute Gasteiger partial charge is 0.325 e. The highest BCUT2D eigenvalue weighted by molar-refractivity contribution is 7.91. The third-order valence-electron chi connectivity index (χ3n) is 3.46. The van der Waals surface area contributed by atoms with Crippen molar-refractivity contribution < 1.29 is 8.42 Å². The zero-order valence-corrected chi connectivity index (χ0v) is 9.83. The summed E-state index contributed by atoms with van der Waals surface area (Å²) in [6, 6.07) is 1.70. The van der Waals surface area contributed by atoms with E-state index in [-0.39, 0.29) is 11.3 Å². The molecule has 0 amide bonds. The molecule has 1 fully saturated rings. The van der Waals surface area contributed by atoms with Crippen LogP contribution in [0.1, 0.15) is 25.0 Å². The molecule has 1 saturated carbocycles. The van der Waals surface area contributed by atoms with Crippen LogP contribution in [-0.2, 0) is 22.8 Å². The molecule has 1 aromatic rings. The lowest BCUT2D eigenvalue weighted by Crippen LogP contribution is -2.22. The second kappa shape index (κ2) is 3.07. The van der Waals surface area contributed by atoms with E-state index in [1.165, 1.54) is 0 Å². The van der Waals surface area contributed by atoms with Crippen LogP contribution in [0.3, 0.4) is 0 Å². The van der Waals surface area contributed by atoms with Crippen molar-refractivity contribution in [2.75, 3.05) is 5.75 Å². The zero-order chi connectivity index (χ0) is 11.4. The van der Waals surface area contributed by atoms with E-state index in [0.29, 0.717) is 11.6 Å². The van der Waals surface area contributed by atoms with E-state index in [1.807, 2.05) is 0 Å². The van der Waals surface area contributed by atoms with Crippen LogP contribution >= 0.6 is 0 Å². The van der Waals surface area contributed by atoms with Crippen LogP contribution in [-0.4, -0.2) is 29.5 Å². The van der Waals surface area contributed by atoms with Crippen LogP contribution < -0.4 is 5.73 Å². The van der Waals surface area contributed by atoms with E-state index in [4.69, 9.17) is 5.73 Å². The van der Waals surface area contributed by atoms with Crippen LogP contribution in [0.15, 0.2) is 11.1 Å². The molecule has 2 N–H and O–H groups in total. The van der Waals surface area contributed by atoms with E-state index in [2.05, 4.69) is 5.10 Å². The third kappa shape index (κ3) is 1.66.